The van der Waals surface area contributed by atoms with Crippen molar-refractivity contribution in [3.05, 3.63) is 52.6 Å². The molecule has 1 aromatic carbocycles. The number of nitrogens with one attached hydrogen (secondary N) is 2. The van der Waals surface area contributed by atoms with Gasteiger partial charge in [0.25, 0.3) is 0 Å². The summed E-state index contributed by atoms with van der Waals surface area (Å²) < 4.78 is 18.7. The minimum atomic E-state index is -0.460. The molecule has 1 heterocycles. The molecule has 128 valence electrons. The second-order valence-corrected chi connectivity index (χ2v) is 5.76. The Hall–Kier alpha value is -2.63. The first-order chi connectivity index (χ1) is 11.3. The molecule has 0 spiro atoms. The third-order valence-corrected chi connectivity index (χ3v) is 3.79. The van der Waals surface area contributed by atoms with Gasteiger partial charge in [0.1, 0.15) is 0 Å². The highest BCUT2D eigenvalue weighted by atomic mass is 19.1. The number of rotatable bonds is 4. The number of carbonyl (C=O) groups is 1. The normalized spacial score (nSPS) is 11.8. The van der Waals surface area contributed by atoms with Gasteiger partial charge in [0.15, 0.2) is 11.6 Å². The van der Waals surface area contributed by atoms with E-state index in [0.717, 1.165) is 17.0 Å². The number of pyridine rings is 1. The van der Waals surface area contributed by atoms with Crippen molar-refractivity contribution in [2.45, 2.75) is 33.7 Å². The second kappa shape index (κ2) is 7.29. The van der Waals surface area contributed by atoms with Gasteiger partial charge in [0.2, 0.25) is 0 Å². The zero-order chi connectivity index (χ0) is 17.9. The van der Waals surface area contributed by atoms with Crippen LogP contribution in [0, 0.1) is 26.6 Å². The first-order valence-electron chi connectivity index (χ1n) is 7.67. The van der Waals surface area contributed by atoms with E-state index in [-0.39, 0.29) is 17.8 Å². The van der Waals surface area contributed by atoms with Crippen molar-refractivity contribution in [2.75, 3.05) is 12.4 Å². The van der Waals surface area contributed by atoms with E-state index in [0.29, 0.717) is 11.3 Å². The number of benzene rings is 1. The molecule has 0 fully saturated rings. The lowest BCUT2D eigenvalue weighted by Gasteiger charge is -2.17. The molecule has 2 aromatic rings. The maximum Gasteiger partial charge on any atom is 0.319 e. The Morgan fingerprint density at radius 1 is 1.25 bits per heavy atom. The van der Waals surface area contributed by atoms with E-state index < -0.39 is 5.82 Å². The molecular formula is C18H22FN3O2. The van der Waals surface area contributed by atoms with Crippen molar-refractivity contribution in [3.8, 4) is 5.75 Å². The number of aryl methyl sites for hydroxylation is 3. The zero-order valence-electron chi connectivity index (χ0n) is 14.5. The molecule has 0 unspecified atom stereocenters. The third-order valence-electron chi connectivity index (χ3n) is 3.79. The quantitative estimate of drug-likeness (QED) is 0.889. The number of anilines is 1. The fraction of sp³-hybridized carbons (Fsp3) is 0.333. The van der Waals surface area contributed by atoms with Crippen molar-refractivity contribution in [2.24, 2.45) is 0 Å². The van der Waals surface area contributed by atoms with Gasteiger partial charge in [-0.2, -0.15) is 0 Å². The SMILES string of the molecule is COc1ccc([C@@H](C)NC(=O)Nc2c(C)cc(C)nc2C)cc1F. The van der Waals surface area contributed by atoms with Crippen LogP contribution in [0.3, 0.4) is 0 Å². The minimum Gasteiger partial charge on any atom is -0.494 e. The van der Waals surface area contributed by atoms with Crippen molar-refractivity contribution in [1.29, 1.82) is 0 Å². The molecule has 5 nitrogen and oxygen atoms in total. The second-order valence-electron chi connectivity index (χ2n) is 5.76. The lowest BCUT2D eigenvalue weighted by Crippen LogP contribution is -2.31. The molecule has 1 atom stereocenters. The maximum absolute atomic E-state index is 13.8. The van der Waals surface area contributed by atoms with Gasteiger partial charge in [-0.1, -0.05) is 6.07 Å². The first-order valence-corrected chi connectivity index (χ1v) is 7.67. The molecule has 0 bridgehead atoms. The molecule has 0 aliphatic carbocycles. The highest BCUT2D eigenvalue weighted by Gasteiger charge is 2.14. The lowest BCUT2D eigenvalue weighted by atomic mass is 10.1. The van der Waals surface area contributed by atoms with Crippen LogP contribution in [0.4, 0.5) is 14.9 Å². The van der Waals surface area contributed by atoms with Gasteiger partial charge in [-0.25, -0.2) is 9.18 Å². The van der Waals surface area contributed by atoms with E-state index in [1.165, 1.54) is 13.2 Å². The highest BCUT2D eigenvalue weighted by molar-refractivity contribution is 5.91. The number of halogens is 1. The summed E-state index contributed by atoms with van der Waals surface area (Å²) in [6.45, 7) is 7.45. The highest BCUT2D eigenvalue weighted by Crippen LogP contribution is 2.22. The predicted octanol–water partition coefficient (Wildman–Crippen LogP) is 4.04. The van der Waals surface area contributed by atoms with Crippen LogP contribution in [-0.2, 0) is 0 Å². The smallest absolute Gasteiger partial charge is 0.319 e. The Labute approximate surface area is 141 Å². The summed E-state index contributed by atoms with van der Waals surface area (Å²) in [5.41, 5.74) is 3.94. The van der Waals surface area contributed by atoms with Crippen molar-refractivity contribution in [1.82, 2.24) is 10.3 Å². The van der Waals surface area contributed by atoms with E-state index in [4.69, 9.17) is 4.74 Å². The fourth-order valence-corrected chi connectivity index (χ4v) is 2.59. The van der Waals surface area contributed by atoms with Crippen LogP contribution in [0.1, 0.15) is 35.5 Å². The van der Waals surface area contributed by atoms with Gasteiger partial charge in [-0.05, 0) is 57.0 Å². The molecule has 2 amide bonds. The Morgan fingerprint density at radius 3 is 2.54 bits per heavy atom. The number of aromatic nitrogens is 1. The zero-order valence-corrected chi connectivity index (χ0v) is 14.5. The Morgan fingerprint density at radius 2 is 1.96 bits per heavy atom. The topological polar surface area (TPSA) is 63.2 Å². The number of ether oxygens (including phenoxy) is 1. The summed E-state index contributed by atoms with van der Waals surface area (Å²) in [5, 5.41) is 5.61. The number of hydrogen-bond donors (Lipinski definition) is 2. The van der Waals surface area contributed by atoms with E-state index in [1.807, 2.05) is 26.8 Å². The third kappa shape index (κ3) is 4.01. The van der Waals surface area contributed by atoms with E-state index in [1.54, 1.807) is 19.1 Å². The van der Waals surface area contributed by atoms with Gasteiger partial charge in [0, 0.05) is 5.69 Å². The Kier molecular flexibility index (Phi) is 5.39. The monoisotopic (exact) mass is 331 g/mol. The molecular weight excluding hydrogens is 309 g/mol. The van der Waals surface area contributed by atoms with Crippen LogP contribution >= 0.6 is 0 Å². The van der Waals surface area contributed by atoms with Crippen molar-refractivity contribution in [3.63, 3.8) is 0 Å². The van der Waals surface area contributed by atoms with Crippen molar-refractivity contribution >= 4 is 11.7 Å². The molecule has 0 saturated carbocycles. The molecule has 0 saturated heterocycles. The van der Waals surface area contributed by atoms with Crippen LogP contribution in [0.15, 0.2) is 24.3 Å². The molecule has 6 heteroatoms. The van der Waals surface area contributed by atoms with Gasteiger partial charge in [-0.3, -0.25) is 4.98 Å². The molecule has 2 N–H and O–H groups in total. The van der Waals surface area contributed by atoms with E-state index >= 15 is 0 Å². The van der Waals surface area contributed by atoms with Crippen LogP contribution in [0.25, 0.3) is 0 Å². The van der Waals surface area contributed by atoms with Crippen LogP contribution in [0.2, 0.25) is 0 Å². The Bertz CT molecular complexity index is 739. The summed E-state index contributed by atoms with van der Waals surface area (Å²) in [7, 11) is 1.41. The lowest BCUT2D eigenvalue weighted by molar-refractivity contribution is 0.249. The summed E-state index contributed by atoms with van der Waals surface area (Å²) in [5.74, 6) is -0.286. The van der Waals surface area contributed by atoms with Gasteiger partial charge in [0.05, 0.1) is 24.5 Å². The molecule has 0 aliphatic heterocycles. The first kappa shape index (κ1) is 17.7. The molecule has 24 heavy (non-hydrogen) atoms. The summed E-state index contributed by atoms with van der Waals surface area (Å²) >= 11 is 0. The largest absolute Gasteiger partial charge is 0.494 e. The average Bonchev–Trinajstić information content (AvgIpc) is 2.50. The number of carbonyl (C=O) groups excluding carboxylic acids is 1. The average molecular weight is 331 g/mol. The fourth-order valence-electron chi connectivity index (χ4n) is 2.59. The number of urea groups is 1. The maximum atomic E-state index is 13.8. The molecule has 0 aliphatic rings. The number of amides is 2. The predicted molar refractivity (Wildman–Crippen MR) is 92.0 cm³/mol. The van der Waals surface area contributed by atoms with Crippen molar-refractivity contribution < 1.29 is 13.9 Å². The standard InChI is InChI=1S/C18H22FN3O2/c1-10-8-11(2)20-13(4)17(10)22-18(23)21-12(3)14-6-7-16(24-5)15(19)9-14/h6-9,12H,1-5H3,(H2,21,22,23)/t12-/m1/s1. The number of hydrogen-bond acceptors (Lipinski definition) is 3. The van der Waals surface area contributed by atoms with Crippen LogP contribution in [-0.4, -0.2) is 18.1 Å². The summed E-state index contributed by atoms with van der Waals surface area (Å²) in [6.07, 6.45) is 0. The van der Waals surface area contributed by atoms with Crippen LogP contribution < -0.4 is 15.4 Å². The number of nitrogens with zero attached hydrogens (tertiary/aromatic N) is 1. The van der Waals surface area contributed by atoms with E-state index in [9.17, 15) is 9.18 Å². The number of methoxy groups -OCH3 is 1. The molecule has 2 rings (SSSR count). The van der Waals surface area contributed by atoms with E-state index in [2.05, 4.69) is 15.6 Å². The molecule has 0 radical (unpaired) electrons. The summed E-state index contributed by atoms with van der Waals surface area (Å²) in [6, 6.07) is 5.80. The summed E-state index contributed by atoms with van der Waals surface area (Å²) in [4.78, 5) is 16.6. The van der Waals surface area contributed by atoms with Gasteiger partial charge in [-0.15, -0.1) is 0 Å². The van der Waals surface area contributed by atoms with Crippen LogP contribution in [0.5, 0.6) is 5.75 Å². The van der Waals surface area contributed by atoms with Gasteiger partial charge < -0.3 is 15.4 Å². The Balaban J connectivity index is 2.08. The minimum absolute atomic E-state index is 0.174. The van der Waals surface area contributed by atoms with Gasteiger partial charge >= 0.3 is 6.03 Å². The molecule has 1 aromatic heterocycles.